The van der Waals surface area contributed by atoms with E-state index in [1.54, 1.807) is 4.90 Å². The van der Waals surface area contributed by atoms with Gasteiger partial charge in [0.25, 0.3) is 5.91 Å². The van der Waals surface area contributed by atoms with Gasteiger partial charge in [0.15, 0.2) is 5.78 Å². The van der Waals surface area contributed by atoms with Gasteiger partial charge in [0, 0.05) is 25.9 Å². The molecule has 0 aromatic heterocycles. The van der Waals surface area contributed by atoms with Gasteiger partial charge in [-0.15, -0.1) is 0 Å². The lowest BCUT2D eigenvalue weighted by molar-refractivity contribution is -0.141. The lowest BCUT2D eigenvalue weighted by Crippen LogP contribution is -2.41. The second kappa shape index (κ2) is 10.8. The molecule has 2 aliphatic heterocycles. The zero-order chi connectivity index (χ0) is 23.2. The molecule has 2 heterocycles. The third-order valence-corrected chi connectivity index (χ3v) is 5.62. The van der Waals surface area contributed by atoms with Crippen molar-refractivity contribution in [1.29, 1.82) is 0 Å². The number of unbranched alkanes of at least 4 members (excludes halogenated alkanes) is 3. The van der Waals surface area contributed by atoms with E-state index in [4.69, 9.17) is 4.74 Å². The minimum atomic E-state index is -0.686. The fourth-order valence-corrected chi connectivity index (χ4v) is 3.89. The maximum atomic E-state index is 12.6. The number of ether oxygens (including phenoxy) is 1. The lowest BCUT2D eigenvalue weighted by atomic mass is 9.91. The van der Waals surface area contributed by atoms with Crippen LogP contribution in [0.25, 0.3) is 0 Å². The van der Waals surface area contributed by atoms with Crippen LogP contribution in [-0.4, -0.2) is 63.8 Å². The highest BCUT2D eigenvalue weighted by molar-refractivity contribution is 6.29. The number of hydrogen-bond donors (Lipinski definition) is 1. The van der Waals surface area contributed by atoms with Crippen molar-refractivity contribution in [2.24, 2.45) is 5.92 Å². The molecule has 0 atom stereocenters. The number of imide groups is 1. The van der Waals surface area contributed by atoms with E-state index in [1.165, 1.54) is 0 Å². The van der Waals surface area contributed by atoms with Gasteiger partial charge in [-0.1, -0.05) is 26.2 Å². The first-order chi connectivity index (χ1) is 14.5. The van der Waals surface area contributed by atoms with Crippen molar-refractivity contribution in [3.63, 3.8) is 0 Å². The summed E-state index contributed by atoms with van der Waals surface area (Å²) in [7, 11) is 0. The van der Waals surface area contributed by atoms with Crippen molar-refractivity contribution in [2.45, 2.75) is 84.7 Å². The Morgan fingerprint density at radius 2 is 1.74 bits per heavy atom. The molecule has 2 aliphatic rings. The van der Waals surface area contributed by atoms with E-state index < -0.39 is 17.3 Å². The number of carbonyl (C=O) groups excluding carboxylic acids is 4. The fourth-order valence-electron chi connectivity index (χ4n) is 3.89. The van der Waals surface area contributed by atoms with Crippen LogP contribution < -0.4 is 0 Å². The maximum absolute atomic E-state index is 12.6. The van der Waals surface area contributed by atoms with Gasteiger partial charge in [-0.05, 0) is 46.0 Å². The van der Waals surface area contributed by atoms with Gasteiger partial charge in [0.2, 0.25) is 5.91 Å². The number of piperidine rings is 1. The largest absolute Gasteiger partial charge is 0.511 e. The first kappa shape index (κ1) is 24.9. The quantitative estimate of drug-likeness (QED) is 0.282. The fraction of sp³-hybridized carbons (Fsp3) is 0.739. The second-order valence-electron chi connectivity index (χ2n) is 9.46. The van der Waals surface area contributed by atoms with Crippen LogP contribution in [0.1, 0.15) is 79.1 Å². The first-order valence-electron chi connectivity index (χ1n) is 11.3. The average Bonchev–Trinajstić information content (AvgIpc) is 2.98. The number of Topliss-reactive ketones (excluding diaryl/α,β-unsaturated/α-hetero) is 1. The highest BCUT2D eigenvalue weighted by Gasteiger charge is 2.40. The van der Waals surface area contributed by atoms with Crippen LogP contribution in [0.5, 0.6) is 0 Å². The average molecular weight is 437 g/mol. The Labute approximate surface area is 184 Å². The Morgan fingerprint density at radius 1 is 1.10 bits per heavy atom. The van der Waals surface area contributed by atoms with Crippen LogP contribution in [0.4, 0.5) is 4.79 Å². The van der Waals surface area contributed by atoms with E-state index in [9.17, 15) is 24.3 Å². The number of rotatable bonds is 7. The van der Waals surface area contributed by atoms with E-state index in [0.717, 1.165) is 24.2 Å². The molecule has 0 unspecified atom stereocenters. The number of amides is 3. The van der Waals surface area contributed by atoms with Crippen molar-refractivity contribution in [3.8, 4) is 0 Å². The summed E-state index contributed by atoms with van der Waals surface area (Å²) in [6.45, 7) is 8.22. The molecular formula is C23H36N2O6. The second-order valence-corrected chi connectivity index (χ2v) is 9.46. The Kier molecular flexibility index (Phi) is 8.65. The zero-order valence-corrected chi connectivity index (χ0v) is 19.2. The molecule has 174 valence electrons. The van der Waals surface area contributed by atoms with Crippen LogP contribution in [0, 0.1) is 5.92 Å². The predicted octanol–water partition coefficient (Wildman–Crippen LogP) is 3.74. The third kappa shape index (κ3) is 7.08. The number of ketones is 1. The minimum absolute atomic E-state index is 0.0468. The van der Waals surface area contributed by atoms with Gasteiger partial charge in [-0.2, -0.15) is 0 Å². The van der Waals surface area contributed by atoms with Crippen molar-refractivity contribution in [1.82, 2.24) is 9.80 Å². The number of likely N-dealkylation sites (tertiary alicyclic amines) is 2. The summed E-state index contributed by atoms with van der Waals surface area (Å²) in [6.07, 6.45) is 5.01. The van der Waals surface area contributed by atoms with Crippen molar-refractivity contribution >= 4 is 23.7 Å². The van der Waals surface area contributed by atoms with Crippen LogP contribution in [0.3, 0.4) is 0 Å². The van der Waals surface area contributed by atoms with Crippen molar-refractivity contribution in [2.75, 3.05) is 19.6 Å². The molecule has 0 radical (unpaired) electrons. The van der Waals surface area contributed by atoms with Gasteiger partial charge in [0.05, 0.1) is 6.54 Å². The van der Waals surface area contributed by atoms with Crippen molar-refractivity contribution < 1.29 is 29.0 Å². The number of aliphatic hydroxyl groups excluding tert-OH is 1. The monoisotopic (exact) mass is 436 g/mol. The number of carbonyl (C=O) groups is 4. The van der Waals surface area contributed by atoms with E-state index in [-0.39, 0.29) is 48.6 Å². The third-order valence-electron chi connectivity index (χ3n) is 5.62. The molecule has 1 N–H and O–H groups in total. The highest BCUT2D eigenvalue weighted by atomic mass is 16.6. The number of nitrogens with zero attached hydrogens (tertiary/aromatic N) is 2. The standard InChI is InChI=1S/C23H36N2O6/c1-5-6-7-8-9-19(28)25-15-18(27)20(21(25)29)17(26)14-16-10-12-24(13-11-16)22(30)31-23(2,3)4/h16,26H,5-15H2,1-4H3/b20-17-. The van der Waals surface area contributed by atoms with Gasteiger partial charge in [0.1, 0.15) is 16.9 Å². The highest BCUT2D eigenvalue weighted by Crippen LogP contribution is 2.28. The summed E-state index contributed by atoms with van der Waals surface area (Å²) in [5.74, 6) is -1.75. The molecule has 31 heavy (non-hydrogen) atoms. The number of aliphatic hydroxyl groups is 1. The SMILES string of the molecule is CCCCCCC(=O)N1CC(=O)/C(=C(/O)CC2CCN(C(=O)OC(C)(C)C)CC2)C1=O. The van der Waals surface area contributed by atoms with Crippen LogP contribution in [0.2, 0.25) is 0 Å². The van der Waals surface area contributed by atoms with Crippen LogP contribution >= 0.6 is 0 Å². The van der Waals surface area contributed by atoms with Gasteiger partial charge < -0.3 is 14.7 Å². The summed E-state index contributed by atoms with van der Waals surface area (Å²) in [5, 5.41) is 10.5. The van der Waals surface area contributed by atoms with E-state index in [2.05, 4.69) is 6.92 Å². The summed E-state index contributed by atoms with van der Waals surface area (Å²) in [6, 6.07) is 0. The molecule has 0 bridgehead atoms. The predicted molar refractivity (Wildman–Crippen MR) is 115 cm³/mol. The van der Waals surface area contributed by atoms with Gasteiger partial charge in [-0.25, -0.2) is 4.79 Å². The van der Waals surface area contributed by atoms with E-state index >= 15 is 0 Å². The molecule has 8 heteroatoms. The molecule has 8 nitrogen and oxygen atoms in total. The normalized spacial score (nSPS) is 19.7. The van der Waals surface area contributed by atoms with E-state index in [1.807, 2.05) is 20.8 Å². The molecule has 2 saturated heterocycles. The van der Waals surface area contributed by atoms with Crippen molar-refractivity contribution in [3.05, 3.63) is 11.3 Å². The molecule has 0 saturated carbocycles. The summed E-state index contributed by atoms with van der Waals surface area (Å²) in [4.78, 5) is 52.0. The zero-order valence-electron chi connectivity index (χ0n) is 19.2. The minimum Gasteiger partial charge on any atom is -0.511 e. The number of allylic oxidation sites excluding steroid dienone is 1. The Bertz CT molecular complexity index is 729. The van der Waals surface area contributed by atoms with Gasteiger partial charge in [-0.3, -0.25) is 19.3 Å². The van der Waals surface area contributed by atoms with Crippen LogP contribution in [-0.2, 0) is 19.1 Å². The summed E-state index contributed by atoms with van der Waals surface area (Å²) < 4.78 is 5.38. The maximum Gasteiger partial charge on any atom is 0.410 e. The van der Waals surface area contributed by atoms with E-state index in [0.29, 0.717) is 32.4 Å². The number of hydrogen-bond acceptors (Lipinski definition) is 6. The molecule has 2 fully saturated rings. The lowest BCUT2D eigenvalue weighted by Gasteiger charge is -2.33. The smallest absolute Gasteiger partial charge is 0.410 e. The van der Waals surface area contributed by atoms with Gasteiger partial charge >= 0.3 is 6.09 Å². The molecular weight excluding hydrogens is 400 g/mol. The molecule has 0 aromatic rings. The molecule has 0 aromatic carbocycles. The van der Waals surface area contributed by atoms with Crippen LogP contribution in [0.15, 0.2) is 11.3 Å². The molecule has 3 amide bonds. The molecule has 2 rings (SSSR count). The Balaban J connectivity index is 1.90. The molecule has 0 aliphatic carbocycles. The first-order valence-corrected chi connectivity index (χ1v) is 11.3. The Morgan fingerprint density at radius 3 is 2.32 bits per heavy atom. The molecule has 0 spiro atoms. The topological polar surface area (TPSA) is 104 Å². The summed E-state index contributed by atoms with van der Waals surface area (Å²) in [5.41, 5.74) is -0.810. The Hall–Kier alpha value is -2.38. The summed E-state index contributed by atoms with van der Waals surface area (Å²) >= 11 is 0.